The van der Waals surface area contributed by atoms with Gasteiger partial charge in [-0.1, -0.05) is 24.3 Å². The van der Waals surface area contributed by atoms with Crippen molar-refractivity contribution in [2.24, 2.45) is 5.73 Å². The number of carbonyl (C=O) groups is 1. The second kappa shape index (κ2) is 3.10. The molecular formula is C11H14N2O. The van der Waals surface area contributed by atoms with E-state index in [1.54, 1.807) is 0 Å². The third-order valence-electron chi connectivity index (χ3n) is 2.48. The van der Waals surface area contributed by atoms with Gasteiger partial charge in [-0.25, -0.2) is 0 Å². The van der Waals surface area contributed by atoms with E-state index >= 15 is 0 Å². The van der Waals surface area contributed by atoms with Crippen molar-refractivity contribution in [3.63, 3.8) is 0 Å². The van der Waals surface area contributed by atoms with E-state index in [2.05, 4.69) is 5.32 Å². The van der Waals surface area contributed by atoms with Crippen molar-refractivity contribution in [2.45, 2.75) is 18.9 Å². The number of piperidine rings is 1. The number of hydrogen-bond donors (Lipinski definition) is 2. The molecule has 1 amide bonds. The standard InChI is InChI=1S/C11H14N2O/c1-11(12)4-2-3-8-5-10(14)13-7-9(8)6-11/h2-4,6H,5,7,12H2,1H3,(H,13,14). The fraction of sp³-hybridized carbons (Fsp3) is 0.364. The number of hydrogen-bond acceptors (Lipinski definition) is 2. The Morgan fingerprint density at radius 2 is 2.29 bits per heavy atom. The van der Waals surface area contributed by atoms with Crippen molar-refractivity contribution in [1.29, 1.82) is 0 Å². The number of carbonyl (C=O) groups excluding carboxylic acids is 1. The van der Waals surface area contributed by atoms with Crippen molar-refractivity contribution >= 4 is 5.91 Å². The van der Waals surface area contributed by atoms with Crippen LogP contribution in [0.5, 0.6) is 0 Å². The van der Waals surface area contributed by atoms with Gasteiger partial charge in [-0.15, -0.1) is 0 Å². The Labute approximate surface area is 83.4 Å². The molecular weight excluding hydrogens is 176 g/mol. The summed E-state index contributed by atoms with van der Waals surface area (Å²) in [7, 11) is 0. The van der Waals surface area contributed by atoms with Gasteiger partial charge in [0.2, 0.25) is 5.91 Å². The Kier molecular flexibility index (Phi) is 2.04. The van der Waals surface area contributed by atoms with Gasteiger partial charge in [0, 0.05) is 6.54 Å². The highest BCUT2D eigenvalue weighted by Gasteiger charge is 2.21. The van der Waals surface area contributed by atoms with Crippen LogP contribution in [0.3, 0.4) is 0 Å². The topological polar surface area (TPSA) is 55.1 Å². The van der Waals surface area contributed by atoms with Gasteiger partial charge in [0.1, 0.15) is 0 Å². The fourth-order valence-corrected chi connectivity index (χ4v) is 1.76. The zero-order chi connectivity index (χ0) is 10.2. The van der Waals surface area contributed by atoms with Crippen LogP contribution in [0.4, 0.5) is 0 Å². The van der Waals surface area contributed by atoms with Crippen molar-refractivity contribution in [2.75, 3.05) is 6.54 Å². The third-order valence-corrected chi connectivity index (χ3v) is 2.48. The first kappa shape index (κ1) is 9.21. The van der Waals surface area contributed by atoms with Crippen LogP contribution in [0.1, 0.15) is 13.3 Å². The van der Waals surface area contributed by atoms with Crippen molar-refractivity contribution in [3.8, 4) is 0 Å². The number of fused-ring (bicyclic) bond motifs is 1. The first-order valence-electron chi connectivity index (χ1n) is 4.73. The maximum Gasteiger partial charge on any atom is 0.224 e. The van der Waals surface area contributed by atoms with E-state index in [0.29, 0.717) is 13.0 Å². The third kappa shape index (κ3) is 1.77. The van der Waals surface area contributed by atoms with Gasteiger partial charge in [0.15, 0.2) is 0 Å². The molecule has 1 aliphatic heterocycles. The maximum absolute atomic E-state index is 11.2. The number of allylic oxidation sites excluding steroid dienone is 2. The Hall–Kier alpha value is -1.35. The molecule has 14 heavy (non-hydrogen) atoms. The van der Waals surface area contributed by atoms with Gasteiger partial charge in [-0.3, -0.25) is 4.79 Å². The average molecular weight is 190 g/mol. The number of amides is 1. The highest BCUT2D eigenvalue weighted by Crippen LogP contribution is 2.23. The molecule has 2 rings (SSSR count). The van der Waals surface area contributed by atoms with Gasteiger partial charge < -0.3 is 11.1 Å². The molecule has 0 bridgehead atoms. The molecule has 2 aliphatic rings. The summed E-state index contributed by atoms with van der Waals surface area (Å²) in [6, 6.07) is 0. The van der Waals surface area contributed by atoms with Crippen LogP contribution in [0.25, 0.3) is 0 Å². The Morgan fingerprint density at radius 3 is 3.07 bits per heavy atom. The highest BCUT2D eigenvalue weighted by molar-refractivity contribution is 5.82. The maximum atomic E-state index is 11.2. The molecule has 1 fully saturated rings. The first-order chi connectivity index (χ1) is 6.57. The lowest BCUT2D eigenvalue weighted by atomic mass is 9.94. The van der Waals surface area contributed by atoms with Crippen LogP contribution < -0.4 is 11.1 Å². The zero-order valence-electron chi connectivity index (χ0n) is 8.21. The minimum Gasteiger partial charge on any atom is -0.352 e. The lowest BCUT2D eigenvalue weighted by Gasteiger charge is -2.21. The number of rotatable bonds is 0. The van der Waals surface area contributed by atoms with Crippen LogP contribution >= 0.6 is 0 Å². The molecule has 3 N–H and O–H groups in total. The zero-order valence-corrected chi connectivity index (χ0v) is 8.21. The van der Waals surface area contributed by atoms with E-state index in [1.165, 1.54) is 0 Å². The van der Waals surface area contributed by atoms with E-state index in [0.717, 1.165) is 11.1 Å². The van der Waals surface area contributed by atoms with E-state index in [1.807, 2.05) is 31.2 Å². The van der Waals surface area contributed by atoms with Gasteiger partial charge in [-0.05, 0) is 18.1 Å². The van der Waals surface area contributed by atoms with E-state index < -0.39 is 5.54 Å². The van der Waals surface area contributed by atoms with Crippen LogP contribution in [-0.2, 0) is 4.79 Å². The van der Waals surface area contributed by atoms with E-state index in [9.17, 15) is 4.79 Å². The summed E-state index contributed by atoms with van der Waals surface area (Å²) in [5, 5.41) is 2.82. The monoisotopic (exact) mass is 190 g/mol. The van der Waals surface area contributed by atoms with Crippen LogP contribution in [0.15, 0.2) is 35.5 Å². The molecule has 0 aromatic rings. The molecule has 1 atom stereocenters. The Bertz CT molecular complexity index is 361. The van der Waals surface area contributed by atoms with Gasteiger partial charge in [0.05, 0.1) is 12.0 Å². The first-order valence-corrected chi connectivity index (χ1v) is 4.73. The molecule has 0 saturated carbocycles. The van der Waals surface area contributed by atoms with Crippen LogP contribution in [-0.4, -0.2) is 18.0 Å². The smallest absolute Gasteiger partial charge is 0.224 e. The van der Waals surface area contributed by atoms with Gasteiger partial charge in [0.25, 0.3) is 0 Å². The summed E-state index contributed by atoms with van der Waals surface area (Å²) in [5.41, 5.74) is 7.82. The van der Waals surface area contributed by atoms with Crippen molar-refractivity contribution in [3.05, 3.63) is 35.5 Å². The number of nitrogens with one attached hydrogen (secondary N) is 1. The SMILES string of the molecule is CC1(N)C=CC=C2CC(=O)NCC2=C1. The van der Waals surface area contributed by atoms with E-state index in [4.69, 9.17) is 5.73 Å². The van der Waals surface area contributed by atoms with E-state index in [-0.39, 0.29) is 5.91 Å². The summed E-state index contributed by atoms with van der Waals surface area (Å²) in [4.78, 5) is 11.2. The molecule has 0 aromatic heterocycles. The Morgan fingerprint density at radius 1 is 1.50 bits per heavy atom. The molecule has 1 saturated heterocycles. The summed E-state index contributed by atoms with van der Waals surface area (Å²) in [6.07, 6.45) is 8.32. The van der Waals surface area contributed by atoms with Crippen LogP contribution in [0.2, 0.25) is 0 Å². The van der Waals surface area contributed by atoms with Gasteiger partial charge in [-0.2, -0.15) is 0 Å². The van der Waals surface area contributed by atoms with Gasteiger partial charge >= 0.3 is 0 Å². The lowest BCUT2D eigenvalue weighted by molar-refractivity contribution is -0.120. The quantitative estimate of drug-likeness (QED) is 0.589. The van der Waals surface area contributed by atoms with Crippen LogP contribution in [0, 0.1) is 0 Å². The molecule has 1 unspecified atom stereocenters. The molecule has 1 aliphatic carbocycles. The predicted molar refractivity (Wildman–Crippen MR) is 55.5 cm³/mol. The molecule has 3 nitrogen and oxygen atoms in total. The lowest BCUT2D eigenvalue weighted by Crippen LogP contribution is -2.35. The number of nitrogens with two attached hydrogens (primary N) is 1. The largest absolute Gasteiger partial charge is 0.352 e. The normalized spacial score (nSPS) is 31.1. The highest BCUT2D eigenvalue weighted by atomic mass is 16.1. The predicted octanol–water partition coefficient (Wildman–Crippen LogP) is 0.646. The summed E-state index contributed by atoms with van der Waals surface area (Å²) in [6.45, 7) is 2.54. The average Bonchev–Trinajstić information content (AvgIpc) is 2.22. The second-order valence-electron chi connectivity index (χ2n) is 4.04. The Balaban J connectivity index is 2.35. The second-order valence-corrected chi connectivity index (χ2v) is 4.04. The van der Waals surface area contributed by atoms with Crippen molar-refractivity contribution in [1.82, 2.24) is 5.32 Å². The minimum absolute atomic E-state index is 0.0856. The summed E-state index contributed by atoms with van der Waals surface area (Å²) >= 11 is 0. The molecule has 3 heteroatoms. The molecule has 1 heterocycles. The molecule has 0 aromatic carbocycles. The molecule has 0 radical (unpaired) electrons. The van der Waals surface area contributed by atoms with Crippen molar-refractivity contribution < 1.29 is 4.79 Å². The molecule has 74 valence electrons. The minimum atomic E-state index is -0.407. The molecule has 0 spiro atoms. The summed E-state index contributed by atoms with van der Waals surface area (Å²) in [5.74, 6) is 0.0856. The summed E-state index contributed by atoms with van der Waals surface area (Å²) < 4.78 is 0. The fourth-order valence-electron chi connectivity index (χ4n) is 1.76.